The summed E-state index contributed by atoms with van der Waals surface area (Å²) in [7, 11) is -0.947. The second kappa shape index (κ2) is 8.33. The Morgan fingerprint density at radius 3 is 2.52 bits per heavy atom. The molecule has 2 atom stereocenters. The van der Waals surface area contributed by atoms with Crippen LogP contribution in [0.15, 0.2) is 54.6 Å². The molecular formula is C17H20N2O3S. The Balaban J connectivity index is 1.94. The number of rotatable bonds is 6. The van der Waals surface area contributed by atoms with Crippen molar-refractivity contribution in [2.45, 2.75) is 13.0 Å². The maximum atomic E-state index is 11.9. The monoisotopic (exact) mass is 332 g/mol. The fourth-order valence-corrected chi connectivity index (χ4v) is 2.83. The Morgan fingerprint density at radius 2 is 1.83 bits per heavy atom. The van der Waals surface area contributed by atoms with Gasteiger partial charge in [0.2, 0.25) is 0 Å². The van der Waals surface area contributed by atoms with Crippen LogP contribution >= 0.6 is 0 Å². The summed E-state index contributed by atoms with van der Waals surface area (Å²) >= 11 is 0. The lowest BCUT2D eigenvalue weighted by atomic mass is 10.3. The number of urea groups is 1. The number of nitrogens with one attached hydrogen (secondary N) is 2. The van der Waals surface area contributed by atoms with Gasteiger partial charge in [-0.15, -0.1) is 0 Å². The highest BCUT2D eigenvalue weighted by atomic mass is 32.2. The minimum atomic E-state index is -0.947. The lowest BCUT2D eigenvalue weighted by Crippen LogP contribution is -2.39. The number of para-hydroxylation sites is 1. The SMILES string of the molecule is C[C@H](C[S@](C)=O)NC(=O)Nc1cccc(Oc2ccccc2)c1. The largest absolute Gasteiger partial charge is 0.457 e. The third kappa shape index (κ3) is 6.12. The summed E-state index contributed by atoms with van der Waals surface area (Å²) in [4.78, 5) is 11.9. The molecule has 0 aliphatic carbocycles. The summed E-state index contributed by atoms with van der Waals surface area (Å²) < 4.78 is 16.9. The fraction of sp³-hybridized carbons (Fsp3) is 0.235. The molecule has 0 fully saturated rings. The van der Waals surface area contributed by atoms with Crippen LogP contribution in [0.2, 0.25) is 0 Å². The van der Waals surface area contributed by atoms with Crippen molar-refractivity contribution in [2.24, 2.45) is 0 Å². The Labute approximate surface area is 138 Å². The first-order valence-electron chi connectivity index (χ1n) is 7.23. The van der Waals surface area contributed by atoms with Crippen molar-refractivity contribution in [2.75, 3.05) is 17.3 Å². The van der Waals surface area contributed by atoms with Gasteiger partial charge in [0, 0.05) is 40.6 Å². The van der Waals surface area contributed by atoms with Crippen molar-refractivity contribution in [3.8, 4) is 11.5 Å². The van der Waals surface area contributed by atoms with Gasteiger partial charge in [0.15, 0.2) is 0 Å². The number of carbonyl (C=O) groups excluding carboxylic acids is 1. The average molecular weight is 332 g/mol. The van der Waals surface area contributed by atoms with E-state index in [-0.39, 0.29) is 12.1 Å². The number of hydrogen-bond acceptors (Lipinski definition) is 3. The zero-order valence-corrected chi connectivity index (χ0v) is 13.9. The molecule has 0 aliphatic heterocycles. The van der Waals surface area contributed by atoms with Crippen molar-refractivity contribution in [3.05, 3.63) is 54.6 Å². The van der Waals surface area contributed by atoms with Gasteiger partial charge in [-0.05, 0) is 31.2 Å². The fourth-order valence-electron chi connectivity index (χ4n) is 2.05. The van der Waals surface area contributed by atoms with Crippen LogP contribution < -0.4 is 15.4 Å². The van der Waals surface area contributed by atoms with Gasteiger partial charge in [-0.2, -0.15) is 0 Å². The van der Waals surface area contributed by atoms with Crippen LogP contribution in [0.4, 0.5) is 10.5 Å². The quantitative estimate of drug-likeness (QED) is 0.852. The van der Waals surface area contributed by atoms with Gasteiger partial charge in [0.1, 0.15) is 11.5 Å². The first kappa shape index (κ1) is 17.0. The molecule has 0 saturated heterocycles. The van der Waals surface area contributed by atoms with Gasteiger partial charge < -0.3 is 15.4 Å². The lowest BCUT2D eigenvalue weighted by molar-refractivity contribution is 0.250. The predicted molar refractivity (Wildman–Crippen MR) is 93.5 cm³/mol. The number of benzene rings is 2. The second-order valence-electron chi connectivity index (χ2n) is 5.18. The Kier molecular flexibility index (Phi) is 6.17. The van der Waals surface area contributed by atoms with Gasteiger partial charge in [-0.25, -0.2) is 4.79 Å². The average Bonchev–Trinajstić information content (AvgIpc) is 2.47. The molecule has 0 spiro atoms. The molecule has 0 aromatic heterocycles. The van der Waals surface area contributed by atoms with Crippen molar-refractivity contribution in [3.63, 3.8) is 0 Å². The number of ether oxygens (including phenoxy) is 1. The molecule has 0 unspecified atom stereocenters. The van der Waals surface area contributed by atoms with Gasteiger partial charge >= 0.3 is 6.03 Å². The summed E-state index contributed by atoms with van der Waals surface area (Å²) in [6, 6.07) is 16.1. The van der Waals surface area contributed by atoms with E-state index in [0.29, 0.717) is 17.2 Å². The zero-order chi connectivity index (χ0) is 16.7. The minimum absolute atomic E-state index is 0.162. The van der Waals surface area contributed by atoms with Crippen molar-refractivity contribution in [1.82, 2.24) is 5.32 Å². The van der Waals surface area contributed by atoms with E-state index in [1.54, 1.807) is 24.5 Å². The Hall–Kier alpha value is -2.34. The Bertz CT molecular complexity index is 677. The number of hydrogen-bond donors (Lipinski definition) is 2. The van der Waals surface area contributed by atoms with Gasteiger partial charge in [0.05, 0.1) is 0 Å². The standard InChI is InChI=1S/C17H20N2O3S/c1-13(12-23(2)21)18-17(20)19-14-7-6-10-16(11-14)22-15-8-4-3-5-9-15/h3-11,13H,12H2,1-2H3,(H2,18,19,20)/t13-,23+/m1/s1. The highest BCUT2D eigenvalue weighted by Crippen LogP contribution is 2.23. The van der Waals surface area contributed by atoms with E-state index in [1.165, 1.54) is 0 Å². The molecular weight excluding hydrogens is 312 g/mol. The number of anilines is 1. The maximum Gasteiger partial charge on any atom is 0.319 e. The summed E-state index contributed by atoms with van der Waals surface area (Å²) in [5.41, 5.74) is 0.626. The number of amides is 2. The molecule has 2 N–H and O–H groups in total. The summed E-state index contributed by atoms with van der Waals surface area (Å²) in [6.07, 6.45) is 1.61. The molecule has 0 heterocycles. The molecule has 23 heavy (non-hydrogen) atoms. The van der Waals surface area contributed by atoms with Gasteiger partial charge in [-0.1, -0.05) is 24.3 Å². The van der Waals surface area contributed by atoms with E-state index in [9.17, 15) is 9.00 Å². The van der Waals surface area contributed by atoms with E-state index in [2.05, 4.69) is 10.6 Å². The molecule has 2 amide bonds. The molecule has 5 nitrogen and oxygen atoms in total. The van der Waals surface area contributed by atoms with Crippen LogP contribution in [0.1, 0.15) is 6.92 Å². The first-order valence-corrected chi connectivity index (χ1v) is 8.96. The Morgan fingerprint density at radius 1 is 1.13 bits per heavy atom. The molecule has 6 heteroatoms. The third-order valence-electron chi connectivity index (χ3n) is 2.93. The second-order valence-corrected chi connectivity index (χ2v) is 6.66. The zero-order valence-electron chi connectivity index (χ0n) is 13.1. The summed E-state index contributed by atoms with van der Waals surface area (Å²) in [6.45, 7) is 1.82. The number of carbonyl (C=O) groups is 1. The summed E-state index contributed by atoms with van der Waals surface area (Å²) in [5, 5.41) is 5.49. The molecule has 0 radical (unpaired) electrons. The van der Waals surface area contributed by atoms with E-state index in [1.807, 2.05) is 43.3 Å². The molecule has 2 aromatic rings. The molecule has 122 valence electrons. The van der Waals surface area contributed by atoms with Gasteiger partial charge in [0.25, 0.3) is 0 Å². The minimum Gasteiger partial charge on any atom is -0.457 e. The molecule has 0 bridgehead atoms. The normalized spacial score (nSPS) is 13.0. The highest BCUT2D eigenvalue weighted by molar-refractivity contribution is 7.84. The van der Waals surface area contributed by atoms with Crippen molar-refractivity contribution in [1.29, 1.82) is 0 Å². The lowest BCUT2D eigenvalue weighted by Gasteiger charge is -2.14. The van der Waals surface area contributed by atoms with Crippen LogP contribution in [0, 0.1) is 0 Å². The summed E-state index contributed by atoms with van der Waals surface area (Å²) in [5.74, 6) is 1.79. The first-order chi connectivity index (χ1) is 11.0. The predicted octanol–water partition coefficient (Wildman–Crippen LogP) is 3.37. The van der Waals surface area contributed by atoms with E-state index in [4.69, 9.17) is 4.74 Å². The highest BCUT2D eigenvalue weighted by Gasteiger charge is 2.09. The smallest absolute Gasteiger partial charge is 0.319 e. The molecule has 0 saturated carbocycles. The molecule has 2 aromatic carbocycles. The van der Waals surface area contributed by atoms with Crippen LogP contribution in [-0.4, -0.2) is 28.3 Å². The van der Waals surface area contributed by atoms with Crippen LogP contribution in [-0.2, 0) is 10.8 Å². The third-order valence-corrected chi connectivity index (χ3v) is 3.90. The van der Waals surface area contributed by atoms with E-state index < -0.39 is 10.8 Å². The molecule has 2 rings (SSSR count). The maximum absolute atomic E-state index is 11.9. The molecule has 0 aliphatic rings. The topological polar surface area (TPSA) is 67.4 Å². The van der Waals surface area contributed by atoms with E-state index >= 15 is 0 Å². The van der Waals surface area contributed by atoms with Crippen LogP contribution in [0.5, 0.6) is 11.5 Å². The van der Waals surface area contributed by atoms with Crippen LogP contribution in [0.3, 0.4) is 0 Å². The van der Waals surface area contributed by atoms with Crippen molar-refractivity contribution >= 4 is 22.5 Å². The van der Waals surface area contributed by atoms with Crippen molar-refractivity contribution < 1.29 is 13.7 Å². The van der Waals surface area contributed by atoms with Gasteiger partial charge in [-0.3, -0.25) is 4.21 Å². The van der Waals surface area contributed by atoms with Crippen LogP contribution in [0.25, 0.3) is 0 Å². The van der Waals surface area contributed by atoms with E-state index in [0.717, 1.165) is 5.75 Å².